The fourth-order valence-corrected chi connectivity index (χ4v) is 3.44. The Labute approximate surface area is 166 Å². The molecule has 0 unspecified atom stereocenters. The van der Waals surface area contributed by atoms with Crippen LogP contribution in [-0.4, -0.2) is 36.0 Å². The quantitative estimate of drug-likeness (QED) is 0.793. The lowest BCUT2D eigenvalue weighted by atomic mass is 10.0. The third-order valence-electron chi connectivity index (χ3n) is 4.73. The number of halogens is 1. The number of nitrogens with one attached hydrogen (secondary N) is 1. The summed E-state index contributed by atoms with van der Waals surface area (Å²) in [6.07, 6.45) is 2.06. The second kappa shape index (κ2) is 9.25. The van der Waals surface area contributed by atoms with E-state index in [0.717, 1.165) is 43.2 Å². The Balaban J connectivity index is 1.45. The maximum atomic E-state index is 12.5. The topological polar surface area (TPSA) is 41.6 Å². The molecule has 144 valence electrons. The van der Waals surface area contributed by atoms with Crippen molar-refractivity contribution in [3.63, 3.8) is 0 Å². The van der Waals surface area contributed by atoms with Crippen LogP contribution in [0.15, 0.2) is 48.5 Å². The van der Waals surface area contributed by atoms with Crippen LogP contribution in [0.2, 0.25) is 5.02 Å². The van der Waals surface area contributed by atoms with Crippen molar-refractivity contribution in [1.82, 2.24) is 10.2 Å². The summed E-state index contributed by atoms with van der Waals surface area (Å²) in [5, 5.41) is 3.93. The average molecular weight is 387 g/mol. The van der Waals surface area contributed by atoms with Gasteiger partial charge in [-0.2, -0.15) is 0 Å². The molecule has 0 atom stereocenters. The van der Waals surface area contributed by atoms with Crippen LogP contribution in [0.4, 0.5) is 0 Å². The predicted octanol–water partition coefficient (Wildman–Crippen LogP) is 4.52. The summed E-state index contributed by atoms with van der Waals surface area (Å²) in [4.78, 5) is 14.9. The Morgan fingerprint density at radius 2 is 1.74 bits per heavy atom. The molecule has 0 aliphatic carbocycles. The summed E-state index contributed by atoms with van der Waals surface area (Å²) in [6, 6.07) is 15.6. The van der Waals surface area contributed by atoms with E-state index in [1.54, 1.807) is 0 Å². The largest absolute Gasteiger partial charge is 0.491 e. The van der Waals surface area contributed by atoms with E-state index < -0.39 is 0 Å². The molecule has 2 aromatic rings. The molecular formula is C22H27ClN2O2. The molecule has 0 bridgehead atoms. The van der Waals surface area contributed by atoms with Crippen molar-refractivity contribution in [2.75, 3.05) is 13.1 Å². The molecule has 2 aromatic carbocycles. The lowest BCUT2D eigenvalue weighted by molar-refractivity contribution is 0.0909. The molecule has 1 fully saturated rings. The third kappa shape index (κ3) is 5.98. The first kappa shape index (κ1) is 19.7. The van der Waals surface area contributed by atoms with Crippen molar-refractivity contribution >= 4 is 17.5 Å². The SMILES string of the molecule is CC(C)Oc1ccc(C(=O)NC2CCN(Cc3ccc(Cl)cc3)CC2)cc1. The molecule has 1 aliphatic rings. The predicted molar refractivity (Wildman–Crippen MR) is 109 cm³/mol. The Bertz CT molecular complexity index is 736. The van der Waals surface area contributed by atoms with Gasteiger partial charge in [0, 0.05) is 36.3 Å². The van der Waals surface area contributed by atoms with E-state index in [2.05, 4.69) is 22.3 Å². The number of hydrogen-bond donors (Lipinski definition) is 1. The van der Waals surface area contributed by atoms with E-state index in [1.165, 1.54) is 5.56 Å². The normalized spacial score (nSPS) is 15.7. The molecule has 1 N–H and O–H groups in total. The summed E-state index contributed by atoms with van der Waals surface area (Å²) in [5.74, 6) is 0.777. The highest BCUT2D eigenvalue weighted by Crippen LogP contribution is 2.17. The molecule has 0 spiro atoms. The van der Waals surface area contributed by atoms with Crippen molar-refractivity contribution in [2.45, 2.75) is 45.4 Å². The summed E-state index contributed by atoms with van der Waals surface area (Å²) in [7, 11) is 0. The maximum Gasteiger partial charge on any atom is 0.251 e. The number of carbonyl (C=O) groups excluding carboxylic acids is 1. The van der Waals surface area contributed by atoms with Gasteiger partial charge in [0.25, 0.3) is 5.91 Å². The van der Waals surface area contributed by atoms with Gasteiger partial charge in [0.15, 0.2) is 0 Å². The smallest absolute Gasteiger partial charge is 0.251 e. The van der Waals surface area contributed by atoms with Crippen LogP contribution in [0, 0.1) is 0 Å². The first-order chi connectivity index (χ1) is 13.0. The zero-order valence-electron chi connectivity index (χ0n) is 16.0. The molecule has 1 saturated heterocycles. The number of piperidine rings is 1. The summed E-state index contributed by atoms with van der Waals surface area (Å²) < 4.78 is 5.62. The highest BCUT2D eigenvalue weighted by molar-refractivity contribution is 6.30. The van der Waals surface area contributed by atoms with Crippen molar-refractivity contribution in [3.8, 4) is 5.75 Å². The van der Waals surface area contributed by atoms with Crippen LogP contribution in [0.1, 0.15) is 42.6 Å². The second-order valence-electron chi connectivity index (χ2n) is 7.34. The van der Waals surface area contributed by atoms with Gasteiger partial charge in [-0.1, -0.05) is 23.7 Å². The van der Waals surface area contributed by atoms with E-state index in [0.29, 0.717) is 5.56 Å². The minimum absolute atomic E-state index is 0.0118. The first-order valence-electron chi connectivity index (χ1n) is 9.54. The molecule has 1 heterocycles. The maximum absolute atomic E-state index is 12.5. The van der Waals surface area contributed by atoms with Crippen LogP contribution in [-0.2, 0) is 6.54 Å². The summed E-state index contributed by atoms with van der Waals surface area (Å²) in [5.41, 5.74) is 1.94. The molecule has 27 heavy (non-hydrogen) atoms. The van der Waals surface area contributed by atoms with Crippen molar-refractivity contribution in [2.24, 2.45) is 0 Å². The van der Waals surface area contributed by atoms with Crippen molar-refractivity contribution < 1.29 is 9.53 Å². The van der Waals surface area contributed by atoms with E-state index >= 15 is 0 Å². The van der Waals surface area contributed by atoms with Gasteiger partial charge < -0.3 is 10.1 Å². The van der Waals surface area contributed by atoms with Crippen molar-refractivity contribution in [3.05, 3.63) is 64.7 Å². The molecule has 1 amide bonds. The van der Waals surface area contributed by atoms with E-state index in [9.17, 15) is 4.79 Å². The van der Waals surface area contributed by atoms with E-state index in [-0.39, 0.29) is 18.1 Å². The van der Waals surface area contributed by atoms with Gasteiger partial charge in [-0.05, 0) is 68.7 Å². The molecule has 3 rings (SSSR count). The van der Waals surface area contributed by atoms with E-state index in [1.807, 2.05) is 50.2 Å². The minimum atomic E-state index is -0.0118. The summed E-state index contributed by atoms with van der Waals surface area (Å²) >= 11 is 5.94. The van der Waals surface area contributed by atoms with Gasteiger partial charge >= 0.3 is 0 Å². The number of hydrogen-bond acceptors (Lipinski definition) is 3. The van der Waals surface area contributed by atoms with Gasteiger partial charge in [0.05, 0.1) is 6.10 Å². The first-order valence-corrected chi connectivity index (χ1v) is 9.92. The highest BCUT2D eigenvalue weighted by atomic mass is 35.5. The molecule has 0 radical (unpaired) electrons. The molecule has 5 heteroatoms. The highest BCUT2D eigenvalue weighted by Gasteiger charge is 2.21. The van der Waals surface area contributed by atoms with Gasteiger partial charge in [-0.15, -0.1) is 0 Å². The van der Waals surface area contributed by atoms with Gasteiger partial charge in [0.2, 0.25) is 0 Å². The zero-order chi connectivity index (χ0) is 19.2. The van der Waals surface area contributed by atoms with Crippen LogP contribution in [0.3, 0.4) is 0 Å². The van der Waals surface area contributed by atoms with Crippen LogP contribution >= 0.6 is 11.6 Å². The standard InChI is InChI=1S/C22H27ClN2O2/c1-16(2)27-21-9-5-18(6-10-21)22(26)24-20-11-13-25(14-12-20)15-17-3-7-19(23)8-4-17/h3-10,16,20H,11-15H2,1-2H3,(H,24,26). The van der Waals surface area contributed by atoms with Crippen molar-refractivity contribution in [1.29, 1.82) is 0 Å². The number of amides is 1. The molecule has 4 nitrogen and oxygen atoms in total. The second-order valence-corrected chi connectivity index (χ2v) is 7.78. The third-order valence-corrected chi connectivity index (χ3v) is 4.98. The number of likely N-dealkylation sites (tertiary alicyclic amines) is 1. The van der Waals surface area contributed by atoms with Gasteiger partial charge in [-0.3, -0.25) is 9.69 Å². The number of nitrogens with zero attached hydrogens (tertiary/aromatic N) is 1. The van der Waals surface area contributed by atoms with Gasteiger partial charge in [-0.25, -0.2) is 0 Å². The minimum Gasteiger partial charge on any atom is -0.491 e. The molecule has 0 saturated carbocycles. The number of rotatable bonds is 6. The molecule has 0 aromatic heterocycles. The number of benzene rings is 2. The van der Waals surface area contributed by atoms with Crippen LogP contribution in [0.5, 0.6) is 5.75 Å². The number of ether oxygens (including phenoxy) is 1. The Morgan fingerprint density at radius 1 is 1.11 bits per heavy atom. The Kier molecular flexibility index (Phi) is 6.75. The fraction of sp³-hybridized carbons (Fsp3) is 0.409. The lowest BCUT2D eigenvalue weighted by Crippen LogP contribution is -2.44. The molecular weight excluding hydrogens is 360 g/mol. The summed E-state index contributed by atoms with van der Waals surface area (Å²) in [6.45, 7) is 6.86. The Morgan fingerprint density at radius 3 is 2.33 bits per heavy atom. The van der Waals surface area contributed by atoms with Crippen LogP contribution < -0.4 is 10.1 Å². The Hall–Kier alpha value is -2.04. The fourth-order valence-electron chi connectivity index (χ4n) is 3.31. The van der Waals surface area contributed by atoms with Gasteiger partial charge in [0.1, 0.15) is 5.75 Å². The van der Waals surface area contributed by atoms with Crippen LogP contribution in [0.25, 0.3) is 0 Å². The zero-order valence-corrected chi connectivity index (χ0v) is 16.7. The monoisotopic (exact) mass is 386 g/mol. The number of carbonyl (C=O) groups is 1. The average Bonchev–Trinajstić information content (AvgIpc) is 2.65. The van der Waals surface area contributed by atoms with E-state index in [4.69, 9.17) is 16.3 Å². The lowest BCUT2D eigenvalue weighted by Gasteiger charge is -2.32. The molecule has 1 aliphatic heterocycles.